The summed E-state index contributed by atoms with van der Waals surface area (Å²) in [6.07, 6.45) is -12.6. The van der Waals surface area contributed by atoms with Crippen LogP contribution in [0.2, 0.25) is 0 Å². The number of benzene rings is 3. The van der Waals surface area contributed by atoms with Crippen molar-refractivity contribution < 1.29 is 71.9 Å². The van der Waals surface area contributed by atoms with Crippen LogP contribution in [0.15, 0.2) is 48.5 Å². The van der Waals surface area contributed by atoms with E-state index in [1.54, 1.807) is 0 Å². The molecule has 0 bridgehead atoms. The minimum atomic E-state index is -4.91. The molecule has 26 heteroatoms. The van der Waals surface area contributed by atoms with E-state index in [9.17, 15) is 71.9 Å². The Kier molecular flexibility index (Phi) is 13.1. The number of carbonyl (C=O) groups is 4. The Labute approximate surface area is 363 Å². The molecule has 0 fully saturated rings. The number of nitrogens with zero attached hydrogens (tertiary/aromatic N) is 8. The highest BCUT2D eigenvalue weighted by Crippen LogP contribution is 2.31. The quantitative estimate of drug-likeness (QED) is 0.126. The molecule has 2 aromatic heterocycles. The summed E-state index contributed by atoms with van der Waals surface area (Å²) in [4.78, 5) is 56.0. The van der Waals surface area contributed by atoms with Crippen molar-refractivity contribution in [2.75, 3.05) is 13.1 Å². The summed E-state index contributed by atoms with van der Waals surface area (Å²) in [6.45, 7) is -1.49. The highest BCUT2D eigenvalue weighted by Gasteiger charge is 2.42. The Morgan fingerprint density at radius 3 is 1.23 bits per heavy atom. The molecule has 4 heterocycles. The molecule has 0 saturated heterocycles. The Morgan fingerprint density at radius 1 is 0.530 bits per heavy atom. The van der Waals surface area contributed by atoms with Crippen molar-refractivity contribution in [3.8, 4) is 0 Å². The summed E-state index contributed by atoms with van der Waals surface area (Å²) in [7, 11) is 0. The molecule has 2 aliphatic heterocycles. The first-order chi connectivity index (χ1) is 31.0. The van der Waals surface area contributed by atoms with Gasteiger partial charge >= 0.3 is 12.4 Å². The van der Waals surface area contributed by atoms with Crippen LogP contribution in [0.3, 0.4) is 0 Å². The highest BCUT2D eigenvalue weighted by molar-refractivity contribution is 5.98. The third-order valence-corrected chi connectivity index (χ3v) is 10.7. The molecular weight excluding hydrogens is 912 g/mol. The lowest BCUT2D eigenvalue weighted by Crippen LogP contribution is -2.45. The molecule has 5 aromatic rings. The lowest BCUT2D eigenvalue weighted by Gasteiger charge is -2.30. The van der Waals surface area contributed by atoms with Crippen molar-refractivity contribution in [2.45, 2.75) is 76.3 Å². The van der Waals surface area contributed by atoms with Crippen LogP contribution in [0.4, 0.5) is 52.7 Å². The summed E-state index contributed by atoms with van der Waals surface area (Å²) in [5, 5.41) is 18.3. The maximum atomic E-state index is 14.8. The van der Waals surface area contributed by atoms with Crippen LogP contribution < -0.4 is 10.6 Å². The third kappa shape index (κ3) is 10.4. The van der Waals surface area contributed by atoms with Gasteiger partial charge in [-0.05, 0) is 60.4 Å². The summed E-state index contributed by atoms with van der Waals surface area (Å²) in [5.74, 6) is -14.8. The molecule has 7 rings (SSSR count). The van der Waals surface area contributed by atoms with Crippen molar-refractivity contribution in [1.82, 2.24) is 50.0 Å². The molecular formula is C40H32F12N10O4. The number of amides is 4. The number of hydrogen-bond acceptors (Lipinski definition) is 8. The van der Waals surface area contributed by atoms with E-state index in [-0.39, 0.29) is 60.8 Å². The zero-order valence-corrected chi connectivity index (χ0v) is 33.6. The van der Waals surface area contributed by atoms with Crippen molar-refractivity contribution in [1.29, 1.82) is 0 Å². The van der Waals surface area contributed by atoms with Gasteiger partial charge in [0.05, 0.1) is 0 Å². The van der Waals surface area contributed by atoms with E-state index >= 15 is 0 Å². The van der Waals surface area contributed by atoms with Gasteiger partial charge in [-0.15, -0.1) is 20.4 Å². The number of hydrogen-bond donors (Lipinski definition) is 2. The first-order valence-electron chi connectivity index (χ1n) is 19.6. The molecule has 2 atom stereocenters. The van der Waals surface area contributed by atoms with E-state index in [1.807, 2.05) is 0 Å². The molecule has 0 saturated carbocycles. The number of carbonyl (C=O) groups excluding carboxylic acids is 4. The fourth-order valence-electron chi connectivity index (χ4n) is 7.43. The monoisotopic (exact) mass is 944 g/mol. The minimum absolute atomic E-state index is 0.0472. The molecule has 350 valence electrons. The van der Waals surface area contributed by atoms with E-state index in [2.05, 4.69) is 31.0 Å². The summed E-state index contributed by atoms with van der Waals surface area (Å²) < 4.78 is 168. The smallest absolute Gasteiger partial charge is 0.348 e. The van der Waals surface area contributed by atoms with Crippen LogP contribution in [-0.4, -0.2) is 88.1 Å². The number of alkyl halides is 6. The molecule has 0 aliphatic carbocycles. The van der Waals surface area contributed by atoms with Crippen molar-refractivity contribution in [3.05, 3.63) is 129 Å². The lowest BCUT2D eigenvalue weighted by molar-refractivity contribution is -0.151. The van der Waals surface area contributed by atoms with E-state index in [4.69, 9.17) is 0 Å². The highest BCUT2D eigenvalue weighted by atomic mass is 19.4. The average molecular weight is 945 g/mol. The fourth-order valence-corrected chi connectivity index (χ4v) is 7.43. The number of halogens is 12. The predicted molar refractivity (Wildman–Crippen MR) is 199 cm³/mol. The maximum absolute atomic E-state index is 14.8. The molecule has 2 aliphatic rings. The molecule has 66 heavy (non-hydrogen) atoms. The largest absolute Gasteiger partial charge is 0.451 e. The van der Waals surface area contributed by atoms with Crippen LogP contribution in [-0.2, 0) is 61.0 Å². The van der Waals surface area contributed by atoms with Crippen LogP contribution in [0.25, 0.3) is 0 Å². The van der Waals surface area contributed by atoms with E-state index in [0.717, 1.165) is 34.1 Å². The molecule has 0 radical (unpaired) electrons. The fraction of sp³-hybridized carbons (Fsp3) is 0.350. The number of nitrogens with one attached hydrogen (secondary N) is 2. The summed E-state index contributed by atoms with van der Waals surface area (Å²) in [5.41, 5.74) is -1.32. The van der Waals surface area contributed by atoms with Gasteiger partial charge < -0.3 is 20.4 Å². The molecule has 4 amide bonds. The topological polar surface area (TPSA) is 160 Å². The number of aromatic nitrogens is 6. The predicted octanol–water partition coefficient (Wildman–Crippen LogP) is 5.29. The summed E-state index contributed by atoms with van der Waals surface area (Å²) in [6, 6.07) is 3.16. The van der Waals surface area contributed by atoms with Gasteiger partial charge in [0.1, 0.15) is 36.6 Å². The minimum Gasteiger partial charge on any atom is -0.348 e. The number of fused-ring (bicyclic) bond motifs is 2. The van der Waals surface area contributed by atoms with Crippen LogP contribution in [0.1, 0.15) is 68.0 Å². The Hall–Kier alpha value is -7.02. The van der Waals surface area contributed by atoms with Gasteiger partial charge in [0.15, 0.2) is 23.3 Å². The zero-order valence-electron chi connectivity index (χ0n) is 33.6. The van der Waals surface area contributed by atoms with Gasteiger partial charge in [0, 0.05) is 74.1 Å². The van der Waals surface area contributed by atoms with Crippen molar-refractivity contribution in [2.24, 2.45) is 0 Å². The Balaban J connectivity index is 1.06. The second kappa shape index (κ2) is 18.5. The van der Waals surface area contributed by atoms with Crippen LogP contribution >= 0.6 is 0 Å². The average Bonchev–Trinajstić information content (AvgIpc) is 3.89. The standard InChI is InChI=1S/C40H32F12N10O4/c41-25-15-29(45)27(43)11-21(25)9-23(13-33(63)59-7-5-31-55-57-37(39(47,48)49)61(31)17-59)53-35(65)19-1-2-20(4-3-19)36(66)54-24(10-22-12-28(44)30(46)16-26(22)42)14-34(64)60-8-6-32-56-58-38(40(50,51)52)62(32)18-60/h1-4,11-12,15-16,23-24H,5-10,13-14,17-18H2,(H,53,65)(H,54,66). The molecule has 14 nitrogen and oxygen atoms in total. The van der Waals surface area contributed by atoms with Crippen molar-refractivity contribution in [3.63, 3.8) is 0 Å². The second-order valence-corrected chi connectivity index (χ2v) is 15.3. The van der Waals surface area contributed by atoms with Crippen molar-refractivity contribution >= 4 is 23.6 Å². The number of rotatable bonds is 12. The Morgan fingerprint density at radius 2 is 0.879 bits per heavy atom. The first-order valence-corrected chi connectivity index (χ1v) is 19.6. The SMILES string of the molecule is O=C(NC(CC(=O)N1CCc2nnc(C(F)(F)F)n2C1)Cc1cc(F)c(F)cc1F)c1ccc(C(=O)NC(CC(=O)N2CCc3nnc(C(F)(F)F)n3C2)Cc2cc(F)c(F)cc2F)cc1. The summed E-state index contributed by atoms with van der Waals surface area (Å²) >= 11 is 0. The molecule has 2 N–H and O–H groups in total. The zero-order chi connectivity index (χ0) is 47.8. The van der Waals surface area contributed by atoms with Gasteiger partial charge in [-0.25, -0.2) is 26.3 Å². The maximum Gasteiger partial charge on any atom is 0.451 e. The van der Waals surface area contributed by atoms with Gasteiger partial charge in [-0.3, -0.25) is 28.3 Å². The molecule has 0 spiro atoms. The van der Waals surface area contributed by atoms with Gasteiger partial charge in [-0.2, -0.15) is 26.3 Å². The van der Waals surface area contributed by atoms with E-state index in [0.29, 0.717) is 21.3 Å². The van der Waals surface area contributed by atoms with E-state index < -0.39 is 145 Å². The third-order valence-electron chi connectivity index (χ3n) is 10.7. The normalized spacial score (nSPS) is 14.9. The van der Waals surface area contributed by atoms with Crippen LogP contribution in [0, 0.1) is 34.9 Å². The lowest BCUT2D eigenvalue weighted by atomic mass is 10.00. The van der Waals surface area contributed by atoms with Gasteiger partial charge in [-0.1, -0.05) is 0 Å². The Bertz CT molecular complexity index is 2510. The first kappa shape index (κ1) is 47.0. The second-order valence-electron chi connectivity index (χ2n) is 15.3. The van der Waals surface area contributed by atoms with Crippen LogP contribution in [0.5, 0.6) is 0 Å². The van der Waals surface area contributed by atoms with Gasteiger partial charge in [0.2, 0.25) is 23.5 Å². The van der Waals surface area contributed by atoms with Gasteiger partial charge in [0.25, 0.3) is 11.8 Å². The van der Waals surface area contributed by atoms with E-state index in [1.165, 1.54) is 0 Å². The molecule has 2 unspecified atom stereocenters. The molecule has 3 aromatic carbocycles.